The standard InChI is InChI=1S/C24H32N6/c1-16-5-3-7-20-21(16)28-23(27-20)19-15-26-24(29-22(19)18-8-9-18)25-12-4-6-17-10-13-30(2)14-11-17/h3,5,7,15,17-18H,4,6,8-14H2,1-2H3,(H,27,28)(H,25,26,29). The normalized spacial score (nSPS) is 18.2. The average molecular weight is 405 g/mol. The first-order chi connectivity index (χ1) is 14.7. The second-order valence-corrected chi connectivity index (χ2v) is 9.14. The molecular weight excluding hydrogens is 372 g/mol. The van der Waals surface area contributed by atoms with Crippen molar-refractivity contribution in [1.29, 1.82) is 0 Å². The van der Waals surface area contributed by atoms with Gasteiger partial charge in [-0.15, -0.1) is 0 Å². The minimum absolute atomic E-state index is 0.539. The van der Waals surface area contributed by atoms with E-state index < -0.39 is 0 Å². The molecule has 0 atom stereocenters. The molecule has 0 spiro atoms. The number of hydrogen-bond acceptors (Lipinski definition) is 5. The number of para-hydroxylation sites is 1. The van der Waals surface area contributed by atoms with Crippen LogP contribution in [0.1, 0.15) is 55.7 Å². The van der Waals surface area contributed by atoms with Crippen LogP contribution in [0.5, 0.6) is 0 Å². The molecule has 2 aromatic heterocycles. The molecule has 1 saturated heterocycles. The van der Waals surface area contributed by atoms with Crippen molar-refractivity contribution in [3.05, 3.63) is 35.7 Å². The van der Waals surface area contributed by atoms with E-state index in [0.717, 1.165) is 46.5 Å². The molecule has 3 aromatic rings. The summed E-state index contributed by atoms with van der Waals surface area (Å²) < 4.78 is 0. The van der Waals surface area contributed by atoms with E-state index in [1.54, 1.807) is 0 Å². The number of rotatable bonds is 7. The first kappa shape index (κ1) is 19.5. The number of hydrogen-bond donors (Lipinski definition) is 2. The highest BCUT2D eigenvalue weighted by Crippen LogP contribution is 2.43. The third kappa shape index (κ3) is 4.19. The molecule has 6 nitrogen and oxygen atoms in total. The van der Waals surface area contributed by atoms with Gasteiger partial charge in [0.1, 0.15) is 5.82 Å². The van der Waals surface area contributed by atoms with Gasteiger partial charge in [0.05, 0.1) is 22.3 Å². The highest BCUT2D eigenvalue weighted by Gasteiger charge is 2.29. The summed E-state index contributed by atoms with van der Waals surface area (Å²) in [4.78, 5) is 20.3. The van der Waals surface area contributed by atoms with Gasteiger partial charge in [-0.1, -0.05) is 12.1 Å². The smallest absolute Gasteiger partial charge is 0.222 e. The van der Waals surface area contributed by atoms with E-state index >= 15 is 0 Å². The molecule has 2 N–H and O–H groups in total. The Labute approximate surface area is 178 Å². The first-order valence-electron chi connectivity index (χ1n) is 11.4. The van der Waals surface area contributed by atoms with Gasteiger partial charge >= 0.3 is 0 Å². The van der Waals surface area contributed by atoms with Gasteiger partial charge in [0.15, 0.2) is 0 Å². The molecule has 1 saturated carbocycles. The molecule has 5 rings (SSSR count). The predicted molar refractivity (Wildman–Crippen MR) is 122 cm³/mol. The third-order valence-electron chi connectivity index (χ3n) is 6.66. The van der Waals surface area contributed by atoms with Crippen LogP contribution in [0.4, 0.5) is 5.95 Å². The van der Waals surface area contributed by atoms with E-state index in [1.807, 2.05) is 6.20 Å². The van der Waals surface area contributed by atoms with Crippen molar-refractivity contribution in [1.82, 2.24) is 24.8 Å². The number of aryl methyl sites for hydroxylation is 1. The molecule has 0 bridgehead atoms. The Morgan fingerprint density at radius 2 is 1.97 bits per heavy atom. The molecule has 0 radical (unpaired) electrons. The summed E-state index contributed by atoms with van der Waals surface area (Å²) in [5.74, 6) is 3.06. The number of fused-ring (bicyclic) bond motifs is 1. The van der Waals surface area contributed by atoms with Crippen molar-refractivity contribution < 1.29 is 0 Å². The van der Waals surface area contributed by atoms with Crippen LogP contribution in [-0.2, 0) is 0 Å². The summed E-state index contributed by atoms with van der Waals surface area (Å²) in [6.45, 7) is 5.53. The minimum atomic E-state index is 0.539. The van der Waals surface area contributed by atoms with E-state index in [1.165, 1.54) is 57.2 Å². The zero-order chi connectivity index (χ0) is 20.5. The highest BCUT2D eigenvalue weighted by molar-refractivity contribution is 5.82. The van der Waals surface area contributed by atoms with Gasteiger partial charge in [0.2, 0.25) is 5.95 Å². The van der Waals surface area contributed by atoms with E-state index in [4.69, 9.17) is 9.97 Å². The van der Waals surface area contributed by atoms with E-state index in [9.17, 15) is 0 Å². The Hall–Kier alpha value is -2.47. The summed E-state index contributed by atoms with van der Waals surface area (Å²) in [6, 6.07) is 6.25. The summed E-state index contributed by atoms with van der Waals surface area (Å²) in [5.41, 5.74) is 5.48. The van der Waals surface area contributed by atoms with Crippen LogP contribution in [0, 0.1) is 12.8 Å². The number of H-pyrrole nitrogens is 1. The number of aromatic nitrogens is 4. The molecule has 2 aliphatic rings. The minimum Gasteiger partial charge on any atom is -0.354 e. The average Bonchev–Trinajstić information content (AvgIpc) is 3.51. The molecule has 0 amide bonds. The lowest BCUT2D eigenvalue weighted by Crippen LogP contribution is -2.30. The summed E-state index contributed by atoms with van der Waals surface area (Å²) in [6.07, 6.45) is 9.52. The Morgan fingerprint density at radius 1 is 1.13 bits per heavy atom. The molecule has 1 aliphatic heterocycles. The van der Waals surface area contributed by atoms with Crippen LogP contribution in [-0.4, -0.2) is 51.5 Å². The Bertz CT molecular complexity index is 1010. The number of piperidine rings is 1. The number of nitrogens with zero attached hydrogens (tertiary/aromatic N) is 4. The van der Waals surface area contributed by atoms with Crippen LogP contribution in [0.25, 0.3) is 22.4 Å². The van der Waals surface area contributed by atoms with Gasteiger partial charge in [-0.25, -0.2) is 15.0 Å². The van der Waals surface area contributed by atoms with Crippen LogP contribution in [0.3, 0.4) is 0 Å². The highest BCUT2D eigenvalue weighted by atomic mass is 15.1. The zero-order valence-electron chi connectivity index (χ0n) is 18.1. The molecular formula is C24H32N6. The van der Waals surface area contributed by atoms with Crippen molar-refractivity contribution in [3.8, 4) is 11.4 Å². The fourth-order valence-electron chi connectivity index (χ4n) is 4.58. The number of aromatic amines is 1. The number of likely N-dealkylation sites (tertiary alicyclic amines) is 1. The number of nitrogens with one attached hydrogen (secondary N) is 2. The molecule has 0 unspecified atom stereocenters. The maximum absolute atomic E-state index is 4.91. The van der Waals surface area contributed by atoms with Crippen molar-refractivity contribution >= 4 is 17.0 Å². The van der Waals surface area contributed by atoms with Crippen LogP contribution < -0.4 is 5.32 Å². The molecule has 2 fully saturated rings. The lowest BCUT2D eigenvalue weighted by molar-refractivity contribution is 0.211. The predicted octanol–water partition coefficient (Wildman–Crippen LogP) is 4.74. The first-order valence-corrected chi connectivity index (χ1v) is 11.4. The molecule has 6 heteroatoms. The van der Waals surface area contributed by atoms with Gasteiger partial charge in [0.25, 0.3) is 0 Å². The molecule has 158 valence electrons. The summed E-state index contributed by atoms with van der Waals surface area (Å²) >= 11 is 0. The van der Waals surface area contributed by atoms with Crippen LogP contribution >= 0.6 is 0 Å². The largest absolute Gasteiger partial charge is 0.354 e. The second-order valence-electron chi connectivity index (χ2n) is 9.14. The van der Waals surface area contributed by atoms with E-state index in [2.05, 4.69) is 52.4 Å². The SMILES string of the molecule is Cc1cccc2[nH]c(-c3cnc(NCCCC4CCN(C)CC4)nc3C3CC3)nc12. The Kier molecular flexibility index (Phi) is 5.42. The fraction of sp³-hybridized carbons (Fsp3) is 0.542. The summed E-state index contributed by atoms with van der Waals surface area (Å²) in [5, 5.41) is 3.47. The van der Waals surface area contributed by atoms with Gasteiger partial charge in [-0.05, 0) is 83.1 Å². The monoisotopic (exact) mass is 404 g/mol. The third-order valence-corrected chi connectivity index (χ3v) is 6.66. The van der Waals surface area contributed by atoms with Crippen molar-refractivity contribution in [2.45, 2.75) is 51.4 Å². The quantitative estimate of drug-likeness (QED) is 0.557. The van der Waals surface area contributed by atoms with Crippen LogP contribution in [0.2, 0.25) is 0 Å². The lowest BCUT2D eigenvalue weighted by Gasteiger charge is -2.28. The molecule has 1 aromatic carbocycles. The van der Waals surface area contributed by atoms with Crippen molar-refractivity contribution in [2.24, 2.45) is 5.92 Å². The summed E-state index contributed by atoms with van der Waals surface area (Å²) in [7, 11) is 2.22. The maximum Gasteiger partial charge on any atom is 0.222 e. The number of imidazole rings is 1. The Balaban J connectivity index is 1.26. The van der Waals surface area contributed by atoms with Crippen molar-refractivity contribution in [2.75, 3.05) is 32.0 Å². The Morgan fingerprint density at radius 3 is 2.73 bits per heavy atom. The zero-order valence-corrected chi connectivity index (χ0v) is 18.1. The molecule has 30 heavy (non-hydrogen) atoms. The molecule has 3 heterocycles. The van der Waals surface area contributed by atoms with E-state index in [0.29, 0.717) is 5.92 Å². The maximum atomic E-state index is 4.91. The fourth-order valence-corrected chi connectivity index (χ4v) is 4.58. The van der Waals surface area contributed by atoms with Gasteiger partial charge in [0, 0.05) is 18.7 Å². The van der Waals surface area contributed by atoms with Gasteiger partial charge in [-0.2, -0.15) is 0 Å². The lowest BCUT2D eigenvalue weighted by atomic mass is 9.92. The van der Waals surface area contributed by atoms with E-state index in [-0.39, 0.29) is 0 Å². The van der Waals surface area contributed by atoms with Crippen LogP contribution in [0.15, 0.2) is 24.4 Å². The molecule has 1 aliphatic carbocycles. The number of anilines is 1. The van der Waals surface area contributed by atoms with Gasteiger partial charge in [-0.3, -0.25) is 0 Å². The second kappa shape index (κ2) is 8.34. The number of benzene rings is 1. The van der Waals surface area contributed by atoms with Crippen molar-refractivity contribution in [3.63, 3.8) is 0 Å². The topological polar surface area (TPSA) is 69.7 Å². The van der Waals surface area contributed by atoms with Gasteiger partial charge < -0.3 is 15.2 Å².